The quantitative estimate of drug-likeness (QED) is 0.448. The van der Waals surface area contributed by atoms with Crippen LogP contribution < -0.4 is 5.32 Å². The molecule has 0 atom stereocenters. The van der Waals surface area contributed by atoms with Crippen LogP contribution in [0.15, 0.2) is 91.1 Å². The summed E-state index contributed by atoms with van der Waals surface area (Å²) in [5.41, 5.74) is 5.31. The molecule has 0 unspecified atom stereocenters. The molecule has 2 heterocycles. The van der Waals surface area contributed by atoms with Gasteiger partial charge in [-0.2, -0.15) is 0 Å². The van der Waals surface area contributed by atoms with Crippen molar-refractivity contribution in [3.8, 4) is 11.3 Å². The summed E-state index contributed by atoms with van der Waals surface area (Å²) >= 11 is 0. The molecule has 1 aliphatic heterocycles. The van der Waals surface area contributed by atoms with Crippen molar-refractivity contribution < 1.29 is 4.79 Å². The Balaban J connectivity index is 1.36. The van der Waals surface area contributed by atoms with Crippen molar-refractivity contribution in [3.05, 3.63) is 108 Å². The minimum absolute atomic E-state index is 0.00775. The number of hydrogen-bond acceptors (Lipinski definition) is 2. The smallest absolute Gasteiger partial charge is 0.225 e. The second kappa shape index (κ2) is 8.60. The molecule has 0 radical (unpaired) electrons. The molecule has 154 valence electrons. The van der Waals surface area contributed by atoms with E-state index in [0.717, 1.165) is 53.3 Å². The molecule has 4 aromatic rings. The summed E-state index contributed by atoms with van der Waals surface area (Å²) in [7, 11) is 0. The zero-order chi connectivity index (χ0) is 21.0. The van der Waals surface area contributed by atoms with E-state index in [9.17, 15) is 4.79 Å². The van der Waals surface area contributed by atoms with Gasteiger partial charge >= 0.3 is 0 Å². The van der Waals surface area contributed by atoms with Crippen LogP contribution in [0.25, 0.3) is 11.3 Å². The van der Waals surface area contributed by atoms with E-state index < -0.39 is 0 Å². The summed E-state index contributed by atoms with van der Waals surface area (Å²) < 4.78 is 2.28. The van der Waals surface area contributed by atoms with Crippen molar-refractivity contribution >= 4 is 11.6 Å². The zero-order valence-corrected chi connectivity index (χ0v) is 17.4. The maximum Gasteiger partial charge on any atom is 0.225 e. The lowest BCUT2D eigenvalue weighted by atomic mass is 9.88. The number of hydrogen-bond donors (Lipinski definition) is 1. The summed E-state index contributed by atoms with van der Waals surface area (Å²) in [6.45, 7) is 1.01. The van der Waals surface area contributed by atoms with Crippen molar-refractivity contribution in [2.45, 2.75) is 31.7 Å². The molecule has 0 saturated carbocycles. The van der Waals surface area contributed by atoms with Gasteiger partial charge in [0.15, 0.2) is 0 Å². The number of imidazole rings is 1. The average molecular weight is 408 g/mol. The Kier molecular flexibility index (Phi) is 5.36. The van der Waals surface area contributed by atoms with E-state index in [4.69, 9.17) is 0 Å². The summed E-state index contributed by atoms with van der Waals surface area (Å²) in [6, 6.07) is 28.5. The van der Waals surface area contributed by atoms with Gasteiger partial charge in [0.25, 0.3) is 0 Å². The number of benzene rings is 3. The van der Waals surface area contributed by atoms with Crippen LogP contribution in [0.2, 0.25) is 0 Å². The highest BCUT2D eigenvalue weighted by Gasteiger charge is 2.19. The highest BCUT2D eigenvalue weighted by Crippen LogP contribution is 2.30. The van der Waals surface area contributed by atoms with Crippen molar-refractivity contribution in [2.75, 3.05) is 5.32 Å². The second-order valence-corrected chi connectivity index (χ2v) is 8.02. The van der Waals surface area contributed by atoms with Gasteiger partial charge in [-0.05, 0) is 29.7 Å². The first-order chi connectivity index (χ1) is 15.3. The monoisotopic (exact) mass is 407 g/mol. The molecule has 31 heavy (non-hydrogen) atoms. The van der Waals surface area contributed by atoms with E-state index in [-0.39, 0.29) is 11.8 Å². The molecule has 1 aromatic heterocycles. The number of anilines is 1. The zero-order valence-electron chi connectivity index (χ0n) is 17.4. The average Bonchev–Trinajstić information content (AvgIpc) is 3.43. The Morgan fingerprint density at radius 3 is 2.35 bits per heavy atom. The molecule has 1 amide bonds. The summed E-state index contributed by atoms with van der Waals surface area (Å²) in [5.74, 6) is 1.18. The Hall–Kier alpha value is -3.66. The predicted molar refractivity (Wildman–Crippen MR) is 124 cm³/mol. The van der Waals surface area contributed by atoms with Gasteiger partial charge in [-0.25, -0.2) is 4.98 Å². The number of amides is 1. The van der Waals surface area contributed by atoms with Gasteiger partial charge in [0, 0.05) is 36.6 Å². The van der Waals surface area contributed by atoms with Crippen molar-refractivity contribution in [3.63, 3.8) is 0 Å². The van der Waals surface area contributed by atoms with E-state index in [0.29, 0.717) is 6.42 Å². The maximum atomic E-state index is 13.0. The summed E-state index contributed by atoms with van der Waals surface area (Å²) in [5, 5.41) is 3.11. The molecule has 5 rings (SSSR count). The lowest BCUT2D eigenvalue weighted by molar-refractivity contribution is -0.116. The van der Waals surface area contributed by atoms with E-state index in [1.54, 1.807) is 0 Å². The van der Waals surface area contributed by atoms with Gasteiger partial charge < -0.3 is 9.88 Å². The fraction of sp³-hybridized carbons (Fsp3) is 0.185. The highest BCUT2D eigenvalue weighted by atomic mass is 16.1. The number of fused-ring (bicyclic) bond motifs is 1. The van der Waals surface area contributed by atoms with E-state index in [1.807, 2.05) is 60.8 Å². The normalized spacial score (nSPS) is 12.7. The molecule has 0 saturated heterocycles. The standard InChI is InChI=1S/C27H25N3O/c31-27(18-24(20-9-3-1-4-10-20)21-11-5-2-6-12-21)29-23-14-7-13-22(17-23)25-19-28-26-15-8-16-30(25)26/h1-7,9-14,17,19,24H,8,15-16,18H2,(H,29,31). The minimum atomic E-state index is 0.00775. The second-order valence-electron chi connectivity index (χ2n) is 8.02. The molecule has 0 aliphatic carbocycles. The third kappa shape index (κ3) is 4.15. The van der Waals surface area contributed by atoms with Gasteiger partial charge in [-0.3, -0.25) is 4.79 Å². The van der Waals surface area contributed by atoms with Crippen LogP contribution in [0.5, 0.6) is 0 Å². The maximum absolute atomic E-state index is 13.0. The number of carbonyl (C=O) groups is 1. The molecule has 4 nitrogen and oxygen atoms in total. The Morgan fingerprint density at radius 1 is 0.935 bits per heavy atom. The Morgan fingerprint density at radius 2 is 1.65 bits per heavy atom. The van der Waals surface area contributed by atoms with Crippen molar-refractivity contribution in [1.29, 1.82) is 0 Å². The SMILES string of the molecule is O=C(CC(c1ccccc1)c1ccccc1)Nc1cccc(-c2cnc3n2CCC3)c1. The first kappa shape index (κ1) is 19.3. The lowest BCUT2D eigenvalue weighted by Gasteiger charge is -2.18. The third-order valence-corrected chi connectivity index (χ3v) is 5.96. The topological polar surface area (TPSA) is 46.9 Å². The van der Waals surface area contributed by atoms with Crippen LogP contribution >= 0.6 is 0 Å². The lowest BCUT2D eigenvalue weighted by Crippen LogP contribution is -2.16. The molecule has 1 N–H and O–H groups in total. The number of nitrogens with one attached hydrogen (secondary N) is 1. The summed E-state index contributed by atoms with van der Waals surface area (Å²) in [4.78, 5) is 17.6. The van der Waals surface area contributed by atoms with Gasteiger partial charge in [-0.1, -0.05) is 72.8 Å². The number of carbonyl (C=O) groups excluding carboxylic acids is 1. The van der Waals surface area contributed by atoms with Crippen LogP contribution in [0.4, 0.5) is 5.69 Å². The molecule has 0 spiro atoms. The predicted octanol–water partition coefficient (Wildman–Crippen LogP) is 5.66. The number of rotatable bonds is 6. The molecule has 1 aliphatic rings. The van der Waals surface area contributed by atoms with Crippen LogP contribution in [0.1, 0.15) is 35.7 Å². The number of aryl methyl sites for hydroxylation is 1. The molecular formula is C27H25N3O. The summed E-state index contributed by atoms with van der Waals surface area (Å²) in [6.07, 6.45) is 4.51. The molecule has 0 fully saturated rings. The molecule has 0 bridgehead atoms. The molecule has 4 heteroatoms. The fourth-order valence-corrected chi connectivity index (χ4v) is 4.44. The van der Waals surface area contributed by atoms with Crippen molar-refractivity contribution in [1.82, 2.24) is 9.55 Å². The Labute approximate surface area is 182 Å². The fourth-order valence-electron chi connectivity index (χ4n) is 4.44. The first-order valence-corrected chi connectivity index (χ1v) is 10.8. The van der Waals surface area contributed by atoms with Crippen LogP contribution in [0, 0.1) is 0 Å². The molecular weight excluding hydrogens is 382 g/mol. The third-order valence-electron chi connectivity index (χ3n) is 5.96. The van der Waals surface area contributed by atoms with Gasteiger partial charge in [-0.15, -0.1) is 0 Å². The van der Waals surface area contributed by atoms with E-state index in [2.05, 4.69) is 45.2 Å². The van der Waals surface area contributed by atoms with Crippen LogP contribution in [0.3, 0.4) is 0 Å². The largest absolute Gasteiger partial charge is 0.328 e. The van der Waals surface area contributed by atoms with Gasteiger partial charge in [0.1, 0.15) is 5.82 Å². The van der Waals surface area contributed by atoms with Crippen LogP contribution in [-0.2, 0) is 17.8 Å². The van der Waals surface area contributed by atoms with E-state index >= 15 is 0 Å². The first-order valence-electron chi connectivity index (χ1n) is 10.8. The minimum Gasteiger partial charge on any atom is -0.328 e. The van der Waals surface area contributed by atoms with Crippen molar-refractivity contribution in [2.24, 2.45) is 0 Å². The number of nitrogens with zero attached hydrogens (tertiary/aromatic N) is 2. The molecule has 3 aromatic carbocycles. The van der Waals surface area contributed by atoms with Crippen LogP contribution in [-0.4, -0.2) is 15.5 Å². The van der Waals surface area contributed by atoms with E-state index in [1.165, 1.54) is 0 Å². The highest BCUT2D eigenvalue weighted by molar-refractivity contribution is 5.92. The number of aromatic nitrogens is 2. The van der Waals surface area contributed by atoms with Gasteiger partial charge in [0.2, 0.25) is 5.91 Å². The Bertz CT molecular complexity index is 1140. The van der Waals surface area contributed by atoms with Gasteiger partial charge in [0.05, 0.1) is 11.9 Å².